The van der Waals surface area contributed by atoms with Gasteiger partial charge in [-0.1, -0.05) is 43.6 Å². The number of likely N-dealkylation sites (N-methyl/N-ethyl adjacent to an activating group) is 1. The second-order valence-corrected chi connectivity index (χ2v) is 5.19. The highest BCUT2D eigenvalue weighted by atomic mass is 35.5. The Hall–Kier alpha value is -1.16. The lowest BCUT2D eigenvalue weighted by molar-refractivity contribution is 0.302. The summed E-state index contributed by atoms with van der Waals surface area (Å²) in [5.74, 6) is 0. The van der Waals surface area contributed by atoms with Gasteiger partial charge in [-0.05, 0) is 25.2 Å². The molecule has 0 aliphatic carbocycles. The van der Waals surface area contributed by atoms with Gasteiger partial charge in [0.1, 0.15) is 5.15 Å². The summed E-state index contributed by atoms with van der Waals surface area (Å²) in [4.78, 5) is 6.83. The number of hydrogen-bond donors (Lipinski definition) is 1. The molecule has 0 amide bonds. The average molecular weight is 292 g/mol. The van der Waals surface area contributed by atoms with Crippen molar-refractivity contribution in [2.75, 3.05) is 26.2 Å². The third-order valence-electron chi connectivity index (χ3n) is 3.56. The minimum atomic E-state index is 0.596. The summed E-state index contributed by atoms with van der Waals surface area (Å²) in [6.07, 6.45) is 0. The van der Waals surface area contributed by atoms with Gasteiger partial charge in [-0.3, -0.25) is 0 Å². The average Bonchev–Trinajstić information content (AvgIpc) is 2.47. The monoisotopic (exact) mass is 291 g/mol. The van der Waals surface area contributed by atoms with Crippen LogP contribution in [0.2, 0.25) is 5.15 Å². The first-order valence-corrected chi connectivity index (χ1v) is 7.59. The van der Waals surface area contributed by atoms with E-state index in [0.717, 1.165) is 49.2 Å². The van der Waals surface area contributed by atoms with E-state index in [1.165, 1.54) is 0 Å². The van der Waals surface area contributed by atoms with Crippen molar-refractivity contribution in [2.24, 2.45) is 0 Å². The van der Waals surface area contributed by atoms with E-state index < -0.39 is 0 Å². The molecule has 1 heterocycles. The zero-order chi connectivity index (χ0) is 14.4. The predicted molar refractivity (Wildman–Crippen MR) is 86.2 cm³/mol. The third kappa shape index (κ3) is 3.92. The molecule has 2 aromatic rings. The molecule has 1 N–H and O–H groups in total. The van der Waals surface area contributed by atoms with Gasteiger partial charge in [-0.15, -0.1) is 0 Å². The maximum absolute atomic E-state index is 6.24. The number of aromatic nitrogens is 1. The fourth-order valence-corrected chi connectivity index (χ4v) is 2.47. The number of rotatable bonds is 7. The van der Waals surface area contributed by atoms with Crippen LogP contribution in [0.3, 0.4) is 0 Å². The summed E-state index contributed by atoms with van der Waals surface area (Å²) >= 11 is 6.24. The van der Waals surface area contributed by atoms with Crippen molar-refractivity contribution in [1.29, 1.82) is 0 Å². The second-order valence-electron chi connectivity index (χ2n) is 4.83. The number of para-hydroxylation sites is 1. The zero-order valence-corrected chi connectivity index (χ0v) is 13.0. The van der Waals surface area contributed by atoms with Crippen LogP contribution in [0.25, 0.3) is 10.9 Å². The smallest absolute Gasteiger partial charge is 0.134 e. The van der Waals surface area contributed by atoms with Crippen LogP contribution in [0.1, 0.15) is 19.4 Å². The molecule has 0 fully saturated rings. The first-order valence-electron chi connectivity index (χ1n) is 7.21. The molecule has 4 heteroatoms. The third-order valence-corrected chi connectivity index (χ3v) is 3.89. The zero-order valence-electron chi connectivity index (χ0n) is 12.2. The Bertz CT molecular complexity index is 552. The van der Waals surface area contributed by atoms with E-state index in [0.29, 0.717) is 5.15 Å². The van der Waals surface area contributed by atoms with E-state index in [1.807, 2.05) is 18.2 Å². The Morgan fingerprint density at radius 1 is 1.20 bits per heavy atom. The summed E-state index contributed by atoms with van der Waals surface area (Å²) in [6, 6.07) is 10.2. The van der Waals surface area contributed by atoms with Gasteiger partial charge in [-0.2, -0.15) is 0 Å². The second kappa shape index (κ2) is 7.58. The Labute approximate surface area is 126 Å². The van der Waals surface area contributed by atoms with E-state index in [9.17, 15) is 0 Å². The van der Waals surface area contributed by atoms with Crippen molar-refractivity contribution >= 4 is 22.5 Å². The molecule has 0 saturated heterocycles. The lowest BCUT2D eigenvalue weighted by Crippen LogP contribution is -2.31. The molecular weight excluding hydrogens is 270 g/mol. The van der Waals surface area contributed by atoms with Crippen LogP contribution < -0.4 is 5.32 Å². The fourth-order valence-electron chi connectivity index (χ4n) is 2.26. The van der Waals surface area contributed by atoms with Crippen LogP contribution in [-0.2, 0) is 6.54 Å². The summed E-state index contributed by atoms with van der Waals surface area (Å²) in [5.41, 5.74) is 2.01. The molecule has 0 unspecified atom stereocenters. The van der Waals surface area contributed by atoms with E-state index in [1.54, 1.807) is 0 Å². The summed E-state index contributed by atoms with van der Waals surface area (Å²) in [7, 11) is 0. The van der Waals surface area contributed by atoms with Crippen molar-refractivity contribution in [1.82, 2.24) is 15.2 Å². The van der Waals surface area contributed by atoms with Crippen molar-refractivity contribution < 1.29 is 0 Å². The summed E-state index contributed by atoms with van der Waals surface area (Å²) in [5, 5.41) is 5.17. The van der Waals surface area contributed by atoms with Crippen molar-refractivity contribution in [3.05, 3.63) is 41.0 Å². The number of halogens is 1. The normalized spacial score (nSPS) is 11.4. The van der Waals surface area contributed by atoms with Crippen LogP contribution in [0.15, 0.2) is 30.3 Å². The number of pyridine rings is 1. The Kier molecular flexibility index (Phi) is 5.77. The SMILES string of the molecule is CCN(CC)CCNCc1cc2ccccc2nc1Cl. The maximum atomic E-state index is 6.24. The van der Waals surface area contributed by atoms with Crippen molar-refractivity contribution in [3.8, 4) is 0 Å². The molecule has 2 rings (SSSR count). The first-order chi connectivity index (χ1) is 9.74. The molecule has 1 aromatic heterocycles. The Morgan fingerprint density at radius 2 is 1.95 bits per heavy atom. The number of nitrogens with zero attached hydrogens (tertiary/aromatic N) is 2. The molecule has 0 aliphatic heterocycles. The molecule has 0 radical (unpaired) electrons. The molecule has 0 bridgehead atoms. The molecular formula is C16H22ClN3. The Balaban J connectivity index is 1.94. The minimum absolute atomic E-state index is 0.596. The van der Waals surface area contributed by atoms with Gasteiger partial charge < -0.3 is 10.2 Å². The lowest BCUT2D eigenvalue weighted by Gasteiger charge is -2.18. The van der Waals surface area contributed by atoms with E-state index in [-0.39, 0.29) is 0 Å². The molecule has 1 aromatic carbocycles. The molecule has 0 atom stereocenters. The summed E-state index contributed by atoms with van der Waals surface area (Å²) < 4.78 is 0. The van der Waals surface area contributed by atoms with Crippen molar-refractivity contribution in [2.45, 2.75) is 20.4 Å². The number of benzene rings is 1. The quantitative estimate of drug-likeness (QED) is 0.626. The van der Waals surface area contributed by atoms with Gasteiger partial charge in [0.2, 0.25) is 0 Å². The molecule has 0 spiro atoms. The molecule has 3 nitrogen and oxygen atoms in total. The van der Waals surface area contributed by atoms with Gasteiger partial charge in [0, 0.05) is 30.6 Å². The van der Waals surface area contributed by atoms with Crippen LogP contribution >= 0.6 is 11.6 Å². The highest BCUT2D eigenvalue weighted by Gasteiger charge is 2.05. The topological polar surface area (TPSA) is 28.2 Å². The fraction of sp³-hybridized carbons (Fsp3) is 0.438. The number of nitrogens with one attached hydrogen (secondary N) is 1. The lowest BCUT2D eigenvalue weighted by atomic mass is 10.1. The van der Waals surface area contributed by atoms with E-state index >= 15 is 0 Å². The largest absolute Gasteiger partial charge is 0.311 e. The van der Waals surface area contributed by atoms with Gasteiger partial charge in [0.15, 0.2) is 0 Å². The highest BCUT2D eigenvalue weighted by molar-refractivity contribution is 6.30. The standard InChI is InChI=1S/C16H22ClN3/c1-3-20(4-2)10-9-18-12-14-11-13-7-5-6-8-15(13)19-16(14)17/h5-8,11,18H,3-4,9-10,12H2,1-2H3. The number of hydrogen-bond acceptors (Lipinski definition) is 3. The first kappa shape index (κ1) is 15.2. The van der Waals surface area contributed by atoms with E-state index in [4.69, 9.17) is 11.6 Å². The molecule has 0 aliphatic rings. The van der Waals surface area contributed by atoms with Gasteiger partial charge >= 0.3 is 0 Å². The van der Waals surface area contributed by atoms with Gasteiger partial charge in [0.25, 0.3) is 0 Å². The maximum Gasteiger partial charge on any atom is 0.134 e. The van der Waals surface area contributed by atoms with Crippen LogP contribution in [0, 0.1) is 0 Å². The van der Waals surface area contributed by atoms with Gasteiger partial charge in [-0.25, -0.2) is 4.98 Å². The van der Waals surface area contributed by atoms with Crippen molar-refractivity contribution in [3.63, 3.8) is 0 Å². The predicted octanol–water partition coefficient (Wildman–Crippen LogP) is 3.32. The van der Waals surface area contributed by atoms with Crippen LogP contribution in [0.5, 0.6) is 0 Å². The number of fused-ring (bicyclic) bond motifs is 1. The molecule has 20 heavy (non-hydrogen) atoms. The Morgan fingerprint density at radius 3 is 2.70 bits per heavy atom. The van der Waals surface area contributed by atoms with Crippen LogP contribution in [-0.4, -0.2) is 36.1 Å². The highest BCUT2D eigenvalue weighted by Crippen LogP contribution is 2.20. The summed E-state index contributed by atoms with van der Waals surface area (Å²) in [6.45, 7) is 9.35. The molecule has 0 saturated carbocycles. The molecule has 108 valence electrons. The minimum Gasteiger partial charge on any atom is -0.311 e. The van der Waals surface area contributed by atoms with Crippen LogP contribution in [0.4, 0.5) is 0 Å². The van der Waals surface area contributed by atoms with E-state index in [2.05, 4.69) is 41.2 Å². The van der Waals surface area contributed by atoms with Gasteiger partial charge in [0.05, 0.1) is 5.52 Å².